The number of aromatic nitrogens is 2. The Morgan fingerprint density at radius 2 is 1.78 bits per heavy atom. The van der Waals surface area contributed by atoms with Gasteiger partial charge < -0.3 is 54.3 Å². The number of hydrogen-bond acceptors (Lipinski definition) is 15. The summed E-state index contributed by atoms with van der Waals surface area (Å²) < 4.78 is 42.6. The highest BCUT2D eigenvalue weighted by molar-refractivity contribution is 7.90. The molecular weight excluding hydrogens is 739 g/mol. The Kier molecular flexibility index (Phi) is 12.4. The molecule has 4 heterocycles. The molecule has 1 aromatic heterocycles. The number of carbonyl (C=O) groups is 2. The van der Waals surface area contributed by atoms with Crippen LogP contribution in [-0.2, 0) is 37.7 Å². The van der Waals surface area contributed by atoms with Crippen LogP contribution >= 0.6 is 0 Å². The quantitative estimate of drug-likeness (QED) is 0.0930. The van der Waals surface area contributed by atoms with Crippen LogP contribution in [0.15, 0.2) is 47.6 Å². The summed E-state index contributed by atoms with van der Waals surface area (Å²) in [6, 6.07) is 11.6. The highest BCUT2D eigenvalue weighted by Gasteiger charge is 2.41. The van der Waals surface area contributed by atoms with E-state index in [1.54, 1.807) is 47.4 Å². The van der Waals surface area contributed by atoms with Gasteiger partial charge in [-0.3, -0.25) is 14.9 Å². The Bertz CT molecular complexity index is 2070. The first-order valence-electron chi connectivity index (χ1n) is 17.6. The van der Waals surface area contributed by atoms with Crippen LogP contribution in [0.1, 0.15) is 46.2 Å². The molecule has 3 aliphatic heterocycles. The number of sulfone groups is 1. The number of hydrogen-bond donors (Lipinski definition) is 6. The van der Waals surface area contributed by atoms with Gasteiger partial charge in [0.25, 0.3) is 5.91 Å². The normalized spacial score (nSPS) is 22.5. The van der Waals surface area contributed by atoms with Gasteiger partial charge in [0.05, 0.1) is 32.4 Å². The van der Waals surface area contributed by atoms with Crippen LogP contribution in [-0.4, -0.2) is 138 Å². The van der Waals surface area contributed by atoms with Crippen LogP contribution in [0.2, 0.25) is 0 Å². The lowest BCUT2D eigenvalue weighted by atomic mass is 10.0. The third kappa shape index (κ3) is 8.94. The van der Waals surface area contributed by atoms with E-state index in [1.165, 1.54) is 28.5 Å². The van der Waals surface area contributed by atoms with E-state index in [1.807, 2.05) is 0 Å². The van der Waals surface area contributed by atoms with E-state index in [-0.39, 0.29) is 68.7 Å². The SMILES string of the molecule is CN1C(O)c2c(nc(S(C)(=O)=O)n2C)N(CC#Cc2cccc(OCCOCCOCC(=O)Nc3cccc4c3CN(C3CCC(O)NC3O)C4=O)c2)C1O. The van der Waals surface area contributed by atoms with E-state index < -0.39 is 46.8 Å². The number of benzene rings is 2. The van der Waals surface area contributed by atoms with Crippen LogP contribution in [0.25, 0.3) is 0 Å². The van der Waals surface area contributed by atoms with Crippen molar-refractivity contribution >= 4 is 33.2 Å². The molecule has 18 nitrogen and oxygen atoms in total. The lowest BCUT2D eigenvalue weighted by Crippen LogP contribution is -2.56. The summed E-state index contributed by atoms with van der Waals surface area (Å²) in [5.41, 5.74) is 2.46. The predicted octanol–water partition coefficient (Wildman–Crippen LogP) is -0.711. The number of nitrogens with one attached hydrogen (secondary N) is 2. The number of anilines is 2. The lowest BCUT2D eigenvalue weighted by molar-refractivity contribution is -0.121. The second-order valence-corrected chi connectivity index (χ2v) is 15.3. The molecule has 3 aromatic rings. The van der Waals surface area contributed by atoms with Gasteiger partial charge >= 0.3 is 0 Å². The largest absolute Gasteiger partial charge is 0.491 e. The lowest BCUT2D eigenvalue weighted by Gasteiger charge is -2.40. The van der Waals surface area contributed by atoms with Gasteiger partial charge in [-0.2, -0.15) is 0 Å². The number of carbonyl (C=O) groups excluding carboxylic acids is 2. The zero-order valence-corrected chi connectivity index (χ0v) is 31.4. The van der Waals surface area contributed by atoms with Gasteiger partial charge in [-0.25, -0.2) is 18.3 Å². The molecule has 0 radical (unpaired) electrons. The van der Waals surface area contributed by atoms with Gasteiger partial charge in [0, 0.05) is 42.2 Å². The first-order valence-corrected chi connectivity index (χ1v) is 19.5. The van der Waals surface area contributed by atoms with Crippen LogP contribution < -0.4 is 20.3 Å². The van der Waals surface area contributed by atoms with Crippen molar-refractivity contribution < 1.29 is 52.6 Å². The summed E-state index contributed by atoms with van der Waals surface area (Å²) in [7, 11) is -0.716. The third-order valence-corrected chi connectivity index (χ3v) is 10.5. The predicted molar refractivity (Wildman–Crippen MR) is 196 cm³/mol. The van der Waals surface area contributed by atoms with Crippen molar-refractivity contribution in [3.05, 3.63) is 64.8 Å². The fraction of sp³-hybridized carbons (Fsp3) is 0.472. The van der Waals surface area contributed by atoms with Crippen molar-refractivity contribution in [2.45, 2.75) is 55.6 Å². The van der Waals surface area contributed by atoms with Crippen molar-refractivity contribution in [1.82, 2.24) is 24.7 Å². The molecule has 55 heavy (non-hydrogen) atoms. The Hall–Kier alpha value is -4.62. The van der Waals surface area contributed by atoms with Gasteiger partial charge in [0.2, 0.25) is 20.9 Å². The maximum absolute atomic E-state index is 13.1. The summed E-state index contributed by atoms with van der Waals surface area (Å²) in [5, 5.41) is 46.8. The minimum atomic E-state index is -3.70. The summed E-state index contributed by atoms with van der Waals surface area (Å²) >= 11 is 0. The third-order valence-electron chi connectivity index (χ3n) is 9.51. The molecule has 296 valence electrons. The summed E-state index contributed by atoms with van der Waals surface area (Å²) in [6.07, 6.45) is -2.60. The van der Waals surface area contributed by atoms with Crippen molar-refractivity contribution in [2.24, 2.45) is 7.05 Å². The summed E-state index contributed by atoms with van der Waals surface area (Å²) in [5.74, 6) is 6.02. The van der Waals surface area contributed by atoms with Crippen molar-refractivity contribution in [3.63, 3.8) is 0 Å². The number of imidazole rings is 1. The maximum atomic E-state index is 13.1. The minimum absolute atomic E-state index is 0.0145. The number of fused-ring (bicyclic) bond motifs is 2. The first-order chi connectivity index (χ1) is 26.2. The topological polar surface area (TPSA) is 228 Å². The van der Waals surface area contributed by atoms with E-state index in [4.69, 9.17) is 14.2 Å². The van der Waals surface area contributed by atoms with Crippen molar-refractivity contribution in [3.8, 4) is 17.6 Å². The monoisotopic (exact) mass is 783 g/mol. The number of piperidine rings is 1. The fourth-order valence-corrected chi connectivity index (χ4v) is 7.58. The van der Waals surface area contributed by atoms with Gasteiger partial charge in [0.15, 0.2) is 18.4 Å². The number of nitrogens with zero attached hydrogens (tertiary/aromatic N) is 5. The smallest absolute Gasteiger partial charge is 0.254 e. The van der Waals surface area contributed by atoms with Crippen LogP contribution in [0.5, 0.6) is 5.75 Å². The molecule has 19 heteroatoms. The molecule has 6 rings (SSSR count). The Morgan fingerprint density at radius 1 is 1.04 bits per heavy atom. The average Bonchev–Trinajstić information content (AvgIpc) is 3.67. The molecule has 1 fully saturated rings. The molecule has 6 N–H and O–H groups in total. The van der Waals surface area contributed by atoms with Gasteiger partial charge in [-0.15, -0.1) is 0 Å². The molecular formula is C36H45N7O11S. The Morgan fingerprint density at radius 3 is 2.55 bits per heavy atom. The summed E-state index contributed by atoms with van der Waals surface area (Å²) in [6.45, 7) is 0.850. The van der Waals surface area contributed by atoms with Crippen LogP contribution in [0.4, 0.5) is 11.5 Å². The van der Waals surface area contributed by atoms with Crippen LogP contribution in [0, 0.1) is 11.8 Å². The van der Waals surface area contributed by atoms with E-state index in [2.05, 4.69) is 27.5 Å². The molecule has 5 unspecified atom stereocenters. The molecule has 2 aromatic carbocycles. The van der Waals surface area contributed by atoms with E-state index >= 15 is 0 Å². The number of rotatable bonds is 13. The molecule has 5 atom stereocenters. The van der Waals surface area contributed by atoms with Gasteiger partial charge in [-0.05, 0) is 50.2 Å². The zero-order valence-electron chi connectivity index (χ0n) is 30.6. The number of aliphatic hydroxyl groups is 4. The molecule has 3 aliphatic rings. The van der Waals surface area contributed by atoms with E-state index in [9.17, 15) is 38.4 Å². The van der Waals surface area contributed by atoms with E-state index in [0.717, 1.165) is 6.26 Å². The second-order valence-electron chi connectivity index (χ2n) is 13.4. The molecule has 0 bridgehead atoms. The molecule has 1 saturated heterocycles. The number of aliphatic hydroxyl groups excluding tert-OH is 4. The summed E-state index contributed by atoms with van der Waals surface area (Å²) in [4.78, 5) is 34.1. The van der Waals surface area contributed by atoms with Crippen molar-refractivity contribution in [2.75, 3.05) is 63.1 Å². The average molecular weight is 784 g/mol. The maximum Gasteiger partial charge on any atom is 0.254 e. The highest BCUT2D eigenvalue weighted by atomic mass is 32.2. The van der Waals surface area contributed by atoms with Crippen LogP contribution in [0.3, 0.4) is 0 Å². The Balaban J connectivity index is 0.910. The van der Waals surface area contributed by atoms with Crippen molar-refractivity contribution in [1.29, 1.82) is 0 Å². The molecule has 0 aliphatic carbocycles. The second kappa shape index (κ2) is 17.0. The first kappa shape index (κ1) is 40.1. The standard InChI is InChI=1S/C36H45N7O11S/c1-40-30-31(39-35(40)55(3,50)51)42(36(49)41(2)34(30)48)14-6-8-22-7-4-9-23(19-22)54-18-17-52-15-16-53-21-29(45)37-26-11-5-10-24-25(26)20-43(33(24)47)27-12-13-28(44)38-32(27)46/h4-5,7,9-11,19,27-28,32,34,36,38,44,46,48-49H,12-18,20-21H2,1-3H3,(H,37,45). The molecule has 2 amide bonds. The number of amides is 2. The fourth-order valence-electron chi connectivity index (χ4n) is 6.74. The molecule has 0 saturated carbocycles. The zero-order chi connectivity index (χ0) is 39.4. The molecule has 0 spiro atoms. The van der Waals surface area contributed by atoms with Gasteiger partial charge in [-0.1, -0.05) is 24.0 Å². The van der Waals surface area contributed by atoms with E-state index in [0.29, 0.717) is 41.0 Å². The highest BCUT2D eigenvalue weighted by Crippen LogP contribution is 2.37. The van der Waals surface area contributed by atoms with Gasteiger partial charge in [0.1, 0.15) is 37.1 Å². The number of ether oxygens (including phenoxy) is 3. The Labute approximate surface area is 318 Å². The minimum Gasteiger partial charge on any atom is -0.491 e.